The van der Waals surface area contributed by atoms with Crippen LogP contribution in [0.4, 0.5) is 10.6 Å². The Morgan fingerprint density at radius 2 is 1.81 bits per heavy atom. The van der Waals surface area contributed by atoms with Gasteiger partial charge in [-0.05, 0) is 43.2 Å². The molecule has 0 radical (unpaired) electrons. The summed E-state index contributed by atoms with van der Waals surface area (Å²) in [5, 5.41) is 18.2. The SMILES string of the molecule is CCNC(=O)Nc1ncnc2c1ncn2CC1O[C@@H](/C=C/c2ccccc2)OC1CCNCc1ccccc1C(=O)O. The zero-order valence-electron chi connectivity index (χ0n) is 23.1. The van der Waals surface area contributed by atoms with Crippen molar-refractivity contribution in [2.45, 2.75) is 44.9 Å². The number of benzene rings is 2. The van der Waals surface area contributed by atoms with Gasteiger partial charge < -0.3 is 29.8 Å². The molecule has 4 N–H and O–H groups in total. The molecule has 1 aliphatic heterocycles. The van der Waals surface area contributed by atoms with Gasteiger partial charge in [-0.2, -0.15) is 0 Å². The number of rotatable bonds is 12. The van der Waals surface area contributed by atoms with Crippen molar-refractivity contribution in [1.82, 2.24) is 30.2 Å². The maximum atomic E-state index is 12.1. The van der Waals surface area contributed by atoms with E-state index >= 15 is 0 Å². The third kappa shape index (κ3) is 7.16. The molecular weight excluding hydrogens is 538 g/mol. The minimum Gasteiger partial charge on any atom is -0.478 e. The second kappa shape index (κ2) is 13.8. The maximum absolute atomic E-state index is 12.1. The van der Waals surface area contributed by atoms with Crippen molar-refractivity contribution in [2.24, 2.45) is 0 Å². The van der Waals surface area contributed by atoms with E-state index in [1.807, 2.05) is 60.0 Å². The molecule has 2 amide bonds. The summed E-state index contributed by atoms with van der Waals surface area (Å²) in [6.45, 7) is 3.73. The fourth-order valence-corrected chi connectivity index (χ4v) is 4.77. The highest BCUT2D eigenvalue weighted by molar-refractivity contribution is 5.95. The van der Waals surface area contributed by atoms with Crippen molar-refractivity contribution in [3.63, 3.8) is 0 Å². The fraction of sp³-hybridized carbons (Fsp3) is 0.300. The van der Waals surface area contributed by atoms with E-state index < -0.39 is 12.3 Å². The van der Waals surface area contributed by atoms with E-state index in [9.17, 15) is 14.7 Å². The molecule has 0 bridgehead atoms. The van der Waals surface area contributed by atoms with Crippen molar-refractivity contribution in [1.29, 1.82) is 0 Å². The van der Waals surface area contributed by atoms with Crippen molar-refractivity contribution >= 4 is 35.1 Å². The monoisotopic (exact) mass is 571 g/mol. The molecule has 12 heteroatoms. The molecule has 0 saturated carbocycles. The smallest absolute Gasteiger partial charge is 0.336 e. The number of urea groups is 1. The third-order valence-electron chi connectivity index (χ3n) is 6.79. The Kier molecular flexibility index (Phi) is 9.49. The molecule has 3 atom stereocenters. The number of aromatic carboxylic acids is 1. The Morgan fingerprint density at radius 3 is 2.62 bits per heavy atom. The molecule has 12 nitrogen and oxygen atoms in total. The highest BCUT2D eigenvalue weighted by Gasteiger charge is 2.35. The number of carboxylic acids is 1. The summed E-state index contributed by atoms with van der Waals surface area (Å²) >= 11 is 0. The molecule has 0 spiro atoms. The predicted octanol–water partition coefficient (Wildman–Crippen LogP) is 3.67. The molecule has 1 fully saturated rings. The van der Waals surface area contributed by atoms with Gasteiger partial charge in [-0.25, -0.2) is 24.5 Å². The summed E-state index contributed by atoms with van der Waals surface area (Å²) in [7, 11) is 0. The molecule has 0 aliphatic carbocycles. The molecule has 2 aromatic carbocycles. The second-order valence-corrected chi connectivity index (χ2v) is 9.69. The number of fused-ring (bicyclic) bond motifs is 1. The van der Waals surface area contributed by atoms with Crippen LogP contribution in [0.2, 0.25) is 0 Å². The molecule has 3 heterocycles. The van der Waals surface area contributed by atoms with Crippen LogP contribution in [0.1, 0.15) is 34.8 Å². The number of carbonyl (C=O) groups excluding carboxylic acids is 1. The van der Waals surface area contributed by atoms with Gasteiger partial charge in [0.05, 0.1) is 24.5 Å². The van der Waals surface area contributed by atoms with Crippen molar-refractivity contribution in [3.05, 3.63) is 90.0 Å². The number of anilines is 1. The zero-order valence-corrected chi connectivity index (χ0v) is 23.1. The number of hydrogen-bond acceptors (Lipinski definition) is 8. The van der Waals surface area contributed by atoms with Crippen LogP contribution < -0.4 is 16.0 Å². The molecule has 42 heavy (non-hydrogen) atoms. The summed E-state index contributed by atoms with van der Waals surface area (Å²) in [4.78, 5) is 36.6. The molecule has 4 aromatic rings. The van der Waals surface area contributed by atoms with Gasteiger partial charge in [0, 0.05) is 13.1 Å². The number of imidazole rings is 1. The van der Waals surface area contributed by atoms with Crippen LogP contribution in [-0.4, -0.2) is 68.2 Å². The molecule has 2 aromatic heterocycles. The minimum absolute atomic E-state index is 0.259. The maximum Gasteiger partial charge on any atom is 0.336 e. The van der Waals surface area contributed by atoms with E-state index in [4.69, 9.17) is 9.47 Å². The van der Waals surface area contributed by atoms with Crippen molar-refractivity contribution in [2.75, 3.05) is 18.4 Å². The van der Waals surface area contributed by atoms with E-state index in [-0.39, 0.29) is 23.8 Å². The van der Waals surface area contributed by atoms with Gasteiger partial charge in [0.15, 0.2) is 23.3 Å². The highest BCUT2D eigenvalue weighted by atomic mass is 16.7. The van der Waals surface area contributed by atoms with E-state index in [1.54, 1.807) is 24.5 Å². The molecule has 5 rings (SSSR count). The number of carbonyl (C=O) groups is 2. The molecular formula is C30H33N7O5. The Labute approximate surface area is 242 Å². The zero-order chi connectivity index (χ0) is 29.3. The first-order chi connectivity index (χ1) is 20.5. The average Bonchev–Trinajstić information content (AvgIpc) is 3.59. The van der Waals surface area contributed by atoms with Crippen LogP contribution >= 0.6 is 0 Å². The lowest BCUT2D eigenvalue weighted by Gasteiger charge is -2.18. The fourth-order valence-electron chi connectivity index (χ4n) is 4.77. The van der Waals surface area contributed by atoms with Gasteiger partial charge >= 0.3 is 12.0 Å². The molecule has 2 unspecified atom stereocenters. The average molecular weight is 572 g/mol. The topological polar surface area (TPSA) is 153 Å². The summed E-state index contributed by atoms with van der Waals surface area (Å²) in [5.41, 5.74) is 3.07. The number of nitrogens with one attached hydrogen (secondary N) is 3. The van der Waals surface area contributed by atoms with Crippen LogP contribution in [0.25, 0.3) is 17.2 Å². The van der Waals surface area contributed by atoms with Gasteiger partial charge in [0.25, 0.3) is 0 Å². The number of amides is 2. The quantitative estimate of drug-likeness (QED) is 0.187. The highest BCUT2D eigenvalue weighted by Crippen LogP contribution is 2.26. The van der Waals surface area contributed by atoms with Crippen LogP contribution in [0.15, 0.2) is 73.3 Å². The van der Waals surface area contributed by atoms with E-state index in [1.165, 1.54) is 6.33 Å². The van der Waals surface area contributed by atoms with E-state index in [0.29, 0.717) is 49.6 Å². The largest absolute Gasteiger partial charge is 0.478 e. The first-order valence-electron chi connectivity index (χ1n) is 13.8. The number of carboxylic acid groups (broad SMARTS) is 1. The van der Waals surface area contributed by atoms with Crippen LogP contribution in [0.5, 0.6) is 0 Å². The Balaban J connectivity index is 1.28. The first-order valence-corrected chi connectivity index (χ1v) is 13.8. The lowest BCUT2D eigenvalue weighted by Crippen LogP contribution is -2.31. The standard InChI is InChI=1S/C30H33N7O5/c1-2-32-30(40)36-27-26-28(34-18-33-27)37(19-35-26)17-24-23(41-25(42-24)13-12-20-8-4-3-5-9-20)14-15-31-16-21-10-6-7-11-22(21)29(38)39/h3-13,18-19,23-25,31H,2,14-17H2,1H3,(H,38,39)(H2,32,33,34,36,40)/b13-12+/t23?,24?,25-/m0/s1. The molecule has 1 saturated heterocycles. The Hall–Kier alpha value is -4.65. The van der Waals surface area contributed by atoms with E-state index in [0.717, 1.165) is 11.1 Å². The summed E-state index contributed by atoms with van der Waals surface area (Å²) < 4.78 is 14.5. The number of hydrogen-bond donors (Lipinski definition) is 4. The second-order valence-electron chi connectivity index (χ2n) is 9.69. The third-order valence-corrected chi connectivity index (χ3v) is 6.79. The predicted molar refractivity (Wildman–Crippen MR) is 157 cm³/mol. The van der Waals surface area contributed by atoms with E-state index in [2.05, 4.69) is 30.9 Å². The van der Waals surface area contributed by atoms with Crippen molar-refractivity contribution in [3.8, 4) is 0 Å². The Bertz CT molecular complexity index is 1540. The van der Waals surface area contributed by atoms with Crippen LogP contribution in [0.3, 0.4) is 0 Å². The summed E-state index contributed by atoms with van der Waals surface area (Å²) in [6.07, 6.45) is 6.38. The number of ether oxygens (including phenoxy) is 2. The van der Waals surface area contributed by atoms with Gasteiger partial charge in [-0.15, -0.1) is 0 Å². The Morgan fingerprint density at radius 1 is 1.02 bits per heavy atom. The minimum atomic E-state index is -0.950. The van der Waals surface area contributed by atoms with Gasteiger partial charge in [0.2, 0.25) is 0 Å². The number of nitrogens with zero attached hydrogens (tertiary/aromatic N) is 4. The van der Waals surface area contributed by atoms with Crippen molar-refractivity contribution < 1.29 is 24.2 Å². The van der Waals surface area contributed by atoms with Crippen LogP contribution in [0, 0.1) is 0 Å². The number of aromatic nitrogens is 4. The van der Waals surface area contributed by atoms with Gasteiger partial charge in [0.1, 0.15) is 12.4 Å². The van der Waals surface area contributed by atoms with Gasteiger partial charge in [-0.1, -0.05) is 54.6 Å². The lowest BCUT2D eigenvalue weighted by molar-refractivity contribution is -0.0299. The van der Waals surface area contributed by atoms with Gasteiger partial charge in [-0.3, -0.25) is 5.32 Å². The molecule has 1 aliphatic rings. The normalized spacial score (nSPS) is 18.5. The lowest BCUT2D eigenvalue weighted by atomic mass is 10.1. The first kappa shape index (κ1) is 28.9. The summed E-state index contributed by atoms with van der Waals surface area (Å²) in [5.74, 6) is -0.631. The molecule has 218 valence electrons. The van der Waals surface area contributed by atoms with Crippen LogP contribution in [-0.2, 0) is 22.6 Å². The summed E-state index contributed by atoms with van der Waals surface area (Å²) in [6, 6.07) is 16.5.